The van der Waals surface area contributed by atoms with E-state index in [4.69, 9.17) is 11.6 Å². The van der Waals surface area contributed by atoms with Crippen LogP contribution in [0.15, 0.2) is 16.3 Å². The molecule has 1 aliphatic heterocycles. The second kappa shape index (κ2) is 8.37. The first kappa shape index (κ1) is 19.1. The summed E-state index contributed by atoms with van der Waals surface area (Å²) in [6.07, 6.45) is 7.99. The van der Waals surface area contributed by atoms with Gasteiger partial charge in [-0.05, 0) is 24.5 Å². The molecule has 1 saturated carbocycles. The molecule has 1 saturated heterocycles. The van der Waals surface area contributed by atoms with Gasteiger partial charge in [-0.3, -0.25) is 4.79 Å². The summed E-state index contributed by atoms with van der Waals surface area (Å²) in [6.45, 7) is 1.66. The maximum absolute atomic E-state index is 12.6. The molecular weight excluding hydrogens is 380 g/mol. The molecule has 1 amide bonds. The Bertz CT molecular complexity index is 691. The lowest BCUT2D eigenvalue weighted by Gasteiger charge is -2.34. The molecule has 0 aromatic carbocycles. The van der Waals surface area contributed by atoms with Crippen LogP contribution in [0.3, 0.4) is 0 Å². The van der Waals surface area contributed by atoms with Crippen molar-refractivity contribution in [3.05, 3.63) is 16.5 Å². The quantitative estimate of drug-likeness (QED) is 0.753. The van der Waals surface area contributed by atoms with Crippen LogP contribution in [0.2, 0.25) is 4.34 Å². The molecule has 5 nitrogen and oxygen atoms in total. The molecule has 1 aromatic heterocycles. The summed E-state index contributed by atoms with van der Waals surface area (Å²) < 4.78 is 27.4. The van der Waals surface area contributed by atoms with E-state index in [1.165, 1.54) is 36.4 Å². The van der Waals surface area contributed by atoms with Crippen molar-refractivity contribution in [1.82, 2.24) is 9.21 Å². The molecule has 0 spiro atoms. The number of nitrogens with zero attached hydrogens (tertiary/aromatic N) is 2. The van der Waals surface area contributed by atoms with Gasteiger partial charge in [0.1, 0.15) is 4.21 Å². The van der Waals surface area contributed by atoms with Gasteiger partial charge >= 0.3 is 0 Å². The lowest BCUT2D eigenvalue weighted by molar-refractivity contribution is -0.132. The zero-order valence-electron chi connectivity index (χ0n) is 14.3. The average Bonchev–Trinajstić information content (AvgIpc) is 3.08. The molecule has 1 aromatic rings. The van der Waals surface area contributed by atoms with Crippen molar-refractivity contribution in [3.63, 3.8) is 0 Å². The van der Waals surface area contributed by atoms with Gasteiger partial charge in [-0.25, -0.2) is 8.42 Å². The maximum atomic E-state index is 12.6. The number of piperazine rings is 1. The molecule has 2 fully saturated rings. The minimum Gasteiger partial charge on any atom is -0.340 e. The van der Waals surface area contributed by atoms with Gasteiger partial charge in [0, 0.05) is 32.6 Å². The monoisotopic (exact) mass is 404 g/mol. The number of carbonyl (C=O) groups excluding carboxylic acids is 1. The number of sulfonamides is 1. The van der Waals surface area contributed by atoms with Gasteiger partial charge in [0.15, 0.2) is 0 Å². The Morgan fingerprint density at radius 1 is 1.12 bits per heavy atom. The van der Waals surface area contributed by atoms with Crippen LogP contribution in [-0.2, 0) is 14.8 Å². The highest BCUT2D eigenvalue weighted by Gasteiger charge is 2.31. The van der Waals surface area contributed by atoms with Crippen LogP contribution in [0.5, 0.6) is 0 Å². The summed E-state index contributed by atoms with van der Waals surface area (Å²) in [6, 6.07) is 3.15. The molecule has 8 heteroatoms. The zero-order chi connectivity index (χ0) is 17.9. The van der Waals surface area contributed by atoms with Gasteiger partial charge in [-0.15, -0.1) is 11.3 Å². The maximum Gasteiger partial charge on any atom is 0.252 e. The SMILES string of the molecule is O=C(CCC1CCCCC1)N1CCN(S(=O)(=O)c2ccc(Cl)s2)CC1. The highest BCUT2D eigenvalue weighted by Crippen LogP contribution is 2.29. The summed E-state index contributed by atoms with van der Waals surface area (Å²) in [7, 11) is -3.49. The Balaban J connectivity index is 1.48. The molecule has 0 atom stereocenters. The fourth-order valence-corrected chi connectivity index (χ4v) is 6.76. The molecule has 0 bridgehead atoms. The standard InChI is InChI=1S/C17H25ClN2O3S2/c18-15-7-9-17(24-15)25(22,23)20-12-10-19(11-13-20)16(21)8-6-14-4-2-1-3-5-14/h7,9,14H,1-6,8,10-13H2. The Kier molecular flexibility index (Phi) is 6.41. The van der Waals surface area contributed by atoms with E-state index < -0.39 is 10.0 Å². The predicted molar refractivity (Wildman–Crippen MR) is 100 cm³/mol. The first-order valence-electron chi connectivity index (χ1n) is 9.00. The summed E-state index contributed by atoms with van der Waals surface area (Å²) in [5.74, 6) is 0.865. The third kappa shape index (κ3) is 4.76. The Labute approximate surface area is 159 Å². The van der Waals surface area contributed by atoms with Gasteiger partial charge in [-0.1, -0.05) is 43.7 Å². The Morgan fingerprint density at radius 2 is 1.80 bits per heavy atom. The van der Waals surface area contributed by atoms with Crippen molar-refractivity contribution in [2.24, 2.45) is 5.92 Å². The molecule has 2 aliphatic rings. The van der Waals surface area contributed by atoms with E-state index >= 15 is 0 Å². The third-order valence-electron chi connectivity index (χ3n) is 5.23. The molecule has 3 rings (SSSR count). The van der Waals surface area contributed by atoms with Crippen molar-refractivity contribution >= 4 is 38.9 Å². The minimum atomic E-state index is -3.49. The Morgan fingerprint density at radius 3 is 2.40 bits per heavy atom. The first-order chi connectivity index (χ1) is 12.0. The molecule has 1 aliphatic carbocycles. The van der Waals surface area contributed by atoms with Crippen LogP contribution in [0, 0.1) is 5.92 Å². The number of hydrogen-bond acceptors (Lipinski definition) is 4. The molecule has 0 radical (unpaired) electrons. The second-order valence-corrected chi connectivity index (χ2v) is 10.8. The predicted octanol–water partition coefficient (Wildman–Crippen LogP) is 3.59. The summed E-state index contributed by atoms with van der Waals surface area (Å²) in [4.78, 5) is 14.2. The summed E-state index contributed by atoms with van der Waals surface area (Å²) in [5, 5.41) is 0. The topological polar surface area (TPSA) is 57.7 Å². The van der Waals surface area contributed by atoms with Gasteiger partial charge in [0.25, 0.3) is 10.0 Å². The molecule has 0 unspecified atom stereocenters. The van der Waals surface area contributed by atoms with E-state index in [9.17, 15) is 13.2 Å². The Hall–Kier alpha value is -0.630. The highest BCUT2D eigenvalue weighted by molar-refractivity contribution is 7.91. The molecule has 140 valence electrons. The zero-order valence-corrected chi connectivity index (χ0v) is 16.7. The average molecular weight is 405 g/mol. The van der Waals surface area contributed by atoms with Crippen LogP contribution < -0.4 is 0 Å². The molecule has 25 heavy (non-hydrogen) atoms. The van der Waals surface area contributed by atoms with Crippen molar-refractivity contribution in [1.29, 1.82) is 0 Å². The van der Waals surface area contributed by atoms with Crippen LogP contribution in [-0.4, -0.2) is 49.7 Å². The van der Waals surface area contributed by atoms with Crippen molar-refractivity contribution in [2.75, 3.05) is 26.2 Å². The van der Waals surface area contributed by atoms with Crippen LogP contribution >= 0.6 is 22.9 Å². The van der Waals surface area contributed by atoms with Crippen LogP contribution in [0.4, 0.5) is 0 Å². The van der Waals surface area contributed by atoms with E-state index in [-0.39, 0.29) is 10.1 Å². The van der Waals surface area contributed by atoms with E-state index in [0.29, 0.717) is 42.9 Å². The fraction of sp³-hybridized carbons (Fsp3) is 0.706. The van der Waals surface area contributed by atoms with Crippen molar-refractivity contribution < 1.29 is 13.2 Å². The lowest BCUT2D eigenvalue weighted by Crippen LogP contribution is -2.50. The second-order valence-electron chi connectivity index (χ2n) is 6.89. The van der Waals surface area contributed by atoms with E-state index in [1.807, 2.05) is 4.90 Å². The number of amides is 1. The summed E-state index contributed by atoms with van der Waals surface area (Å²) in [5.41, 5.74) is 0. The number of rotatable bonds is 5. The molecule has 0 N–H and O–H groups in total. The van der Waals surface area contributed by atoms with E-state index in [1.54, 1.807) is 12.1 Å². The normalized spacial score (nSPS) is 20.8. The lowest BCUT2D eigenvalue weighted by atomic mass is 9.86. The third-order valence-corrected chi connectivity index (χ3v) is 8.82. The number of halogens is 1. The largest absolute Gasteiger partial charge is 0.340 e. The van der Waals surface area contributed by atoms with Crippen LogP contribution in [0.25, 0.3) is 0 Å². The van der Waals surface area contributed by atoms with Gasteiger partial charge < -0.3 is 4.90 Å². The highest BCUT2D eigenvalue weighted by atomic mass is 35.5. The van der Waals surface area contributed by atoms with E-state index in [0.717, 1.165) is 17.8 Å². The number of thiophene rings is 1. The van der Waals surface area contributed by atoms with Gasteiger partial charge in [-0.2, -0.15) is 4.31 Å². The first-order valence-corrected chi connectivity index (χ1v) is 11.6. The summed E-state index contributed by atoms with van der Waals surface area (Å²) >= 11 is 6.93. The number of carbonyl (C=O) groups is 1. The fourth-order valence-electron chi connectivity index (χ4n) is 3.70. The van der Waals surface area contributed by atoms with Gasteiger partial charge in [0.2, 0.25) is 5.91 Å². The van der Waals surface area contributed by atoms with Crippen LogP contribution in [0.1, 0.15) is 44.9 Å². The van der Waals surface area contributed by atoms with Gasteiger partial charge in [0.05, 0.1) is 4.34 Å². The number of hydrogen-bond donors (Lipinski definition) is 0. The van der Waals surface area contributed by atoms with Crippen molar-refractivity contribution in [2.45, 2.75) is 49.2 Å². The van der Waals surface area contributed by atoms with Crippen molar-refractivity contribution in [3.8, 4) is 0 Å². The minimum absolute atomic E-state index is 0.168. The smallest absolute Gasteiger partial charge is 0.252 e. The molecule has 2 heterocycles. The van der Waals surface area contributed by atoms with E-state index in [2.05, 4.69) is 0 Å². The molecular formula is C17H25ClN2O3S2.